The van der Waals surface area contributed by atoms with Crippen molar-refractivity contribution in [2.75, 3.05) is 5.75 Å². The molecule has 3 nitrogen and oxygen atoms in total. The standard InChI is InChI=1S/C13H16FN3S/c1-2-17-13(7-8-16-17)12(15)9-18-11-5-3-10(14)4-6-11/h3-8,12H,2,9,15H2,1H3. The van der Waals surface area contributed by atoms with Crippen molar-refractivity contribution in [3.8, 4) is 0 Å². The van der Waals surface area contributed by atoms with Gasteiger partial charge in [0, 0.05) is 23.4 Å². The van der Waals surface area contributed by atoms with Gasteiger partial charge in [0.1, 0.15) is 5.82 Å². The molecule has 1 unspecified atom stereocenters. The molecule has 18 heavy (non-hydrogen) atoms. The maximum absolute atomic E-state index is 12.8. The van der Waals surface area contributed by atoms with Crippen molar-refractivity contribution in [3.05, 3.63) is 48.0 Å². The Morgan fingerprint density at radius 3 is 2.72 bits per heavy atom. The smallest absolute Gasteiger partial charge is 0.123 e. The number of nitrogens with zero attached hydrogens (tertiary/aromatic N) is 2. The maximum Gasteiger partial charge on any atom is 0.123 e. The number of aryl methyl sites for hydroxylation is 1. The Bertz CT molecular complexity index is 495. The van der Waals surface area contributed by atoms with Gasteiger partial charge in [0.15, 0.2) is 0 Å². The molecule has 2 aromatic rings. The van der Waals surface area contributed by atoms with Crippen LogP contribution in [0.15, 0.2) is 41.4 Å². The van der Waals surface area contributed by atoms with Gasteiger partial charge in [0.05, 0.1) is 11.7 Å². The summed E-state index contributed by atoms with van der Waals surface area (Å²) in [6.45, 7) is 2.85. The lowest BCUT2D eigenvalue weighted by Crippen LogP contribution is -2.18. The minimum absolute atomic E-state index is 0.0671. The SMILES string of the molecule is CCn1nccc1C(N)CSc1ccc(F)cc1. The lowest BCUT2D eigenvalue weighted by molar-refractivity contribution is 0.593. The first-order valence-electron chi connectivity index (χ1n) is 5.86. The zero-order valence-electron chi connectivity index (χ0n) is 10.2. The van der Waals surface area contributed by atoms with Crippen LogP contribution in [0.5, 0.6) is 0 Å². The Kier molecular flexibility index (Phi) is 4.38. The number of benzene rings is 1. The third-order valence-electron chi connectivity index (χ3n) is 2.67. The largest absolute Gasteiger partial charge is 0.322 e. The molecule has 1 atom stereocenters. The summed E-state index contributed by atoms with van der Waals surface area (Å²) in [4.78, 5) is 1.02. The molecule has 96 valence electrons. The van der Waals surface area contributed by atoms with Gasteiger partial charge in [0.2, 0.25) is 0 Å². The predicted molar refractivity (Wildman–Crippen MR) is 72.0 cm³/mol. The third-order valence-corrected chi connectivity index (χ3v) is 3.80. The van der Waals surface area contributed by atoms with E-state index in [9.17, 15) is 4.39 Å². The number of rotatable bonds is 5. The first-order chi connectivity index (χ1) is 8.70. The van der Waals surface area contributed by atoms with Gasteiger partial charge in [-0.25, -0.2) is 4.39 Å². The summed E-state index contributed by atoms with van der Waals surface area (Å²) in [5, 5.41) is 4.20. The summed E-state index contributed by atoms with van der Waals surface area (Å²) in [6, 6.07) is 8.34. The van der Waals surface area contributed by atoms with E-state index < -0.39 is 0 Å². The normalized spacial score (nSPS) is 12.6. The lowest BCUT2D eigenvalue weighted by atomic mass is 10.2. The zero-order chi connectivity index (χ0) is 13.0. The van der Waals surface area contributed by atoms with Gasteiger partial charge in [-0.05, 0) is 37.3 Å². The van der Waals surface area contributed by atoms with E-state index in [1.165, 1.54) is 12.1 Å². The fourth-order valence-electron chi connectivity index (χ4n) is 1.72. The molecule has 0 saturated carbocycles. The van der Waals surface area contributed by atoms with E-state index >= 15 is 0 Å². The second kappa shape index (κ2) is 6.02. The number of hydrogen-bond donors (Lipinski definition) is 1. The van der Waals surface area contributed by atoms with Crippen LogP contribution in [0.1, 0.15) is 18.7 Å². The minimum Gasteiger partial charge on any atom is -0.322 e. The van der Waals surface area contributed by atoms with Crippen LogP contribution in [0, 0.1) is 5.82 Å². The molecule has 0 aliphatic heterocycles. The van der Waals surface area contributed by atoms with Gasteiger partial charge >= 0.3 is 0 Å². The Labute approximate surface area is 110 Å². The van der Waals surface area contributed by atoms with Crippen LogP contribution in [-0.2, 0) is 6.54 Å². The van der Waals surface area contributed by atoms with Crippen molar-refractivity contribution in [2.45, 2.75) is 24.4 Å². The van der Waals surface area contributed by atoms with E-state index in [1.54, 1.807) is 30.1 Å². The molecule has 0 amide bonds. The second-order valence-corrected chi connectivity index (χ2v) is 5.04. The van der Waals surface area contributed by atoms with Gasteiger partial charge in [-0.1, -0.05) is 0 Å². The van der Waals surface area contributed by atoms with Crippen LogP contribution in [0.2, 0.25) is 0 Å². The summed E-state index contributed by atoms with van der Waals surface area (Å²) in [5.74, 6) is 0.532. The minimum atomic E-state index is -0.215. The van der Waals surface area contributed by atoms with E-state index in [1.807, 2.05) is 17.7 Å². The van der Waals surface area contributed by atoms with Crippen molar-refractivity contribution >= 4 is 11.8 Å². The van der Waals surface area contributed by atoms with Gasteiger partial charge < -0.3 is 5.73 Å². The summed E-state index contributed by atoms with van der Waals surface area (Å²) >= 11 is 1.62. The fraction of sp³-hybridized carbons (Fsp3) is 0.308. The zero-order valence-corrected chi connectivity index (χ0v) is 11.0. The molecule has 0 saturated heterocycles. The molecule has 0 spiro atoms. The highest BCUT2D eigenvalue weighted by Gasteiger charge is 2.11. The summed E-state index contributed by atoms with van der Waals surface area (Å²) in [7, 11) is 0. The number of thioether (sulfide) groups is 1. The Morgan fingerprint density at radius 1 is 1.33 bits per heavy atom. The highest BCUT2D eigenvalue weighted by Crippen LogP contribution is 2.23. The quantitative estimate of drug-likeness (QED) is 0.845. The predicted octanol–water partition coefficient (Wildman–Crippen LogP) is 2.83. The van der Waals surface area contributed by atoms with E-state index in [2.05, 4.69) is 5.10 Å². The highest BCUT2D eigenvalue weighted by molar-refractivity contribution is 7.99. The Balaban J connectivity index is 1.96. The second-order valence-electron chi connectivity index (χ2n) is 3.94. The van der Waals surface area contributed by atoms with Gasteiger partial charge in [0.25, 0.3) is 0 Å². The average Bonchev–Trinajstić information content (AvgIpc) is 2.86. The number of hydrogen-bond acceptors (Lipinski definition) is 3. The molecule has 0 aliphatic carbocycles. The van der Waals surface area contributed by atoms with E-state index in [0.29, 0.717) is 0 Å². The highest BCUT2D eigenvalue weighted by atomic mass is 32.2. The maximum atomic E-state index is 12.8. The van der Waals surface area contributed by atoms with Crippen LogP contribution in [0.3, 0.4) is 0 Å². The Morgan fingerprint density at radius 2 is 2.06 bits per heavy atom. The van der Waals surface area contributed by atoms with Crippen molar-refractivity contribution in [3.63, 3.8) is 0 Å². The lowest BCUT2D eigenvalue weighted by Gasteiger charge is -2.12. The van der Waals surface area contributed by atoms with Crippen molar-refractivity contribution in [2.24, 2.45) is 5.73 Å². The molecule has 1 aromatic carbocycles. The molecular weight excluding hydrogens is 249 g/mol. The molecule has 0 aliphatic rings. The van der Waals surface area contributed by atoms with Gasteiger partial charge in [-0.3, -0.25) is 4.68 Å². The van der Waals surface area contributed by atoms with E-state index in [4.69, 9.17) is 5.73 Å². The molecule has 0 bridgehead atoms. The molecule has 2 N–H and O–H groups in total. The third kappa shape index (κ3) is 3.11. The van der Waals surface area contributed by atoms with Gasteiger partial charge in [-0.2, -0.15) is 5.10 Å². The summed E-state index contributed by atoms with van der Waals surface area (Å²) in [6.07, 6.45) is 1.77. The first kappa shape index (κ1) is 13.1. The molecule has 1 heterocycles. The van der Waals surface area contributed by atoms with Crippen molar-refractivity contribution in [1.82, 2.24) is 9.78 Å². The molecule has 0 fully saturated rings. The molecule has 5 heteroatoms. The van der Waals surface area contributed by atoms with E-state index in [0.717, 1.165) is 22.9 Å². The van der Waals surface area contributed by atoms with Crippen LogP contribution in [0.25, 0.3) is 0 Å². The number of nitrogens with two attached hydrogens (primary N) is 1. The van der Waals surface area contributed by atoms with Crippen LogP contribution >= 0.6 is 11.8 Å². The average molecular weight is 265 g/mol. The van der Waals surface area contributed by atoms with Gasteiger partial charge in [-0.15, -0.1) is 11.8 Å². The van der Waals surface area contributed by atoms with Crippen molar-refractivity contribution < 1.29 is 4.39 Å². The number of aromatic nitrogens is 2. The van der Waals surface area contributed by atoms with Crippen LogP contribution in [0.4, 0.5) is 4.39 Å². The first-order valence-corrected chi connectivity index (χ1v) is 6.85. The van der Waals surface area contributed by atoms with Crippen LogP contribution < -0.4 is 5.73 Å². The molecular formula is C13H16FN3S. The molecule has 0 radical (unpaired) electrons. The topological polar surface area (TPSA) is 43.8 Å². The monoisotopic (exact) mass is 265 g/mol. The Hall–Kier alpha value is -1.33. The molecule has 1 aromatic heterocycles. The number of halogens is 1. The van der Waals surface area contributed by atoms with Crippen molar-refractivity contribution in [1.29, 1.82) is 0 Å². The fourth-order valence-corrected chi connectivity index (χ4v) is 2.60. The van der Waals surface area contributed by atoms with E-state index in [-0.39, 0.29) is 11.9 Å². The molecule has 2 rings (SSSR count). The summed E-state index contributed by atoms with van der Waals surface area (Å²) < 4.78 is 14.7. The van der Waals surface area contributed by atoms with Crippen LogP contribution in [-0.4, -0.2) is 15.5 Å². The summed E-state index contributed by atoms with van der Waals surface area (Å²) in [5.41, 5.74) is 7.17.